The Morgan fingerprint density at radius 3 is 2.36 bits per heavy atom. The quantitative estimate of drug-likeness (QED) is 0.592. The Bertz CT molecular complexity index is 779. The molecular formula is C21H25FO6. The normalized spacial score (nSPS) is 27.6. The highest BCUT2D eigenvalue weighted by Crippen LogP contribution is 2.33. The highest BCUT2D eigenvalue weighted by molar-refractivity contribution is 5.35. The molecule has 3 rings (SSSR count). The zero-order valence-corrected chi connectivity index (χ0v) is 15.5. The van der Waals surface area contributed by atoms with Crippen molar-refractivity contribution < 1.29 is 34.3 Å². The summed E-state index contributed by atoms with van der Waals surface area (Å²) in [5, 5.41) is 39.5. The summed E-state index contributed by atoms with van der Waals surface area (Å²) in [5.74, 6) is 0.337. The highest BCUT2D eigenvalue weighted by Gasteiger charge is 2.44. The van der Waals surface area contributed by atoms with Gasteiger partial charge in [0.2, 0.25) is 0 Å². The van der Waals surface area contributed by atoms with Crippen molar-refractivity contribution in [1.29, 1.82) is 0 Å². The maximum atomic E-state index is 14.3. The number of rotatable bonds is 6. The fourth-order valence-corrected chi connectivity index (χ4v) is 3.37. The average molecular weight is 392 g/mol. The molecule has 2 aromatic rings. The lowest BCUT2D eigenvalue weighted by atomic mass is 9.90. The van der Waals surface area contributed by atoms with Crippen molar-refractivity contribution in [2.24, 2.45) is 0 Å². The molecule has 5 atom stereocenters. The summed E-state index contributed by atoms with van der Waals surface area (Å²) in [7, 11) is 0. The van der Waals surface area contributed by atoms with Crippen LogP contribution in [0.25, 0.3) is 0 Å². The summed E-state index contributed by atoms with van der Waals surface area (Å²) in [6, 6.07) is 11.6. The van der Waals surface area contributed by atoms with Crippen LogP contribution in [0.2, 0.25) is 0 Å². The highest BCUT2D eigenvalue weighted by atomic mass is 19.1. The van der Waals surface area contributed by atoms with E-state index < -0.39 is 42.9 Å². The lowest BCUT2D eigenvalue weighted by Crippen LogP contribution is -2.55. The zero-order valence-electron chi connectivity index (χ0n) is 15.5. The number of benzene rings is 2. The van der Waals surface area contributed by atoms with Crippen molar-refractivity contribution in [3.8, 4) is 5.75 Å². The molecule has 1 fully saturated rings. The van der Waals surface area contributed by atoms with Crippen LogP contribution in [0.3, 0.4) is 0 Å². The van der Waals surface area contributed by atoms with Gasteiger partial charge in [-0.3, -0.25) is 0 Å². The molecule has 4 N–H and O–H groups in total. The molecule has 1 aliphatic heterocycles. The second-order valence-corrected chi connectivity index (χ2v) is 6.85. The molecular weight excluding hydrogens is 367 g/mol. The van der Waals surface area contributed by atoms with Gasteiger partial charge in [-0.05, 0) is 47.9 Å². The van der Waals surface area contributed by atoms with Gasteiger partial charge < -0.3 is 29.9 Å². The first-order valence-corrected chi connectivity index (χ1v) is 9.25. The van der Waals surface area contributed by atoms with Gasteiger partial charge in [-0.25, -0.2) is 4.39 Å². The van der Waals surface area contributed by atoms with Crippen molar-refractivity contribution in [3.05, 3.63) is 65.0 Å². The molecule has 0 radical (unpaired) electrons. The lowest BCUT2D eigenvalue weighted by molar-refractivity contribution is -0.231. The Morgan fingerprint density at radius 2 is 1.71 bits per heavy atom. The molecule has 0 saturated carbocycles. The predicted molar refractivity (Wildman–Crippen MR) is 99.5 cm³/mol. The Kier molecular flexibility index (Phi) is 6.64. The van der Waals surface area contributed by atoms with E-state index >= 15 is 0 Å². The second kappa shape index (κ2) is 8.98. The van der Waals surface area contributed by atoms with Crippen molar-refractivity contribution in [2.75, 3.05) is 13.2 Å². The van der Waals surface area contributed by atoms with Gasteiger partial charge in [-0.2, -0.15) is 0 Å². The first-order chi connectivity index (χ1) is 13.4. The molecule has 6 nitrogen and oxygen atoms in total. The maximum Gasteiger partial charge on any atom is 0.126 e. The summed E-state index contributed by atoms with van der Waals surface area (Å²) in [5.41, 5.74) is 1.74. The van der Waals surface area contributed by atoms with E-state index in [4.69, 9.17) is 9.47 Å². The van der Waals surface area contributed by atoms with E-state index in [9.17, 15) is 24.8 Å². The van der Waals surface area contributed by atoms with Gasteiger partial charge in [0.15, 0.2) is 0 Å². The van der Waals surface area contributed by atoms with Crippen LogP contribution >= 0.6 is 0 Å². The van der Waals surface area contributed by atoms with Gasteiger partial charge in [-0.1, -0.05) is 18.2 Å². The van der Waals surface area contributed by atoms with E-state index in [2.05, 4.69) is 0 Å². The van der Waals surface area contributed by atoms with Gasteiger partial charge in [0.1, 0.15) is 42.1 Å². The summed E-state index contributed by atoms with van der Waals surface area (Å²) in [6.07, 6.45) is -5.99. The lowest BCUT2D eigenvalue weighted by Gasteiger charge is -2.40. The number of aliphatic hydroxyl groups excluding tert-OH is 4. The fraction of sp³-hybridized carbons (Fsp3) is 0.429. The molecule has 0 aromatic heterocycles. The van der Waals surface area contributed by atoms with E-state index in [1.807, 2.05) is 31.2 Å². The van der Waals surface area contributed by atoms with E-state index in [1.54, 1.807) is 6.07 Å². The third kappa shape index (κ3) is 4.34. The number of hydrogen-bond donors (Lipinski definition) is 4. The van der Waals surface area contributed by atoms with E-state index in [1.165, 1.54) is 12.1 Å². The molecule has 1 saturated heterocycles. The van der Waals surface area contributed by atoms with Gasteiger partial charge in [-0.15, -0.1) is 0 Å². The first kappa shape index (κ1) is 20.7. The molecule has 0 amide bonds. The molecule has 28 heavy (non-hydrogen) atoms. The summed E-state index contributed by atoms with van der Waals surface area (Å²) in [6.45, 7) is 1.95. The predicted octanol–water partition coefficient (Wildman–Crippen LogP) is 1.33. The summed E-state index contributed by atoms with van der Waals surface area (Å²) < 4.78 is 25.3. The van der Waals surface area contributed by atoms with Crippen LogP contribution in [0, 0.1) is 5.82 Å². The van der Waals surface area contributed by atoms with Crippen LogP contribution in [-0.2, 0) is 11.2 Å². The van der Waals surface area contributed by atoms with E-state index in [-0.39, 0.29) is 0 Å². The maximum absolute atomic E-state index is 14.3. The molecule has 0 aliphatic carbocycles. The minimum Gasteiger partial charge on any atom is -0.494 e. The monoisotopic (exact) mass is 392 g/mol. The molecule has 1 aliphatic rings. The van der Waals surface area contributed by atoms with Gasteiger partial charge in [0, 0.05) is 6.42 Å². The number of aliphatic hydroxyl groups is 4. The summed E-state index contributed by atoms with van der Waals surface area (Å²) >= 11 is 0. The molecule has 0 bridgehead atoms. The third-order valence-corrected chi connectivity index (χ3v) is 4.92. The first-order valence-electron chi connectivity index (χ1n) is 9.25. The second-order valence-electron chi connectivity index (χ2n) is 6.85. The van der Waals surface area contributed by atoms with Crippen LogP contribution in [-0.4, -0.2) is 58.1 Å². The SMILES string of the molecule is CCOc1ccc(Cc2cc([C@@H]3OC(CO)[C@@H](O)[C@@H](O)C3O)ccc2F)cc1. The number of hydrogen-bond acceptors (Lipinski definition) is 6. The molecule has 152 valence electrons. The minimum atomic E-state index is -1.48. The Balaban J connectivity index is 1.82. The molecule has 0 spiro atoms. The van der Waals surface area contributed by atoms with Gasteiger partial charge in [0.25, 0.3) is 0 Å². The van der Waals surface area contributed by atoms with Crippen molar-refractivity contribution >= 4 is 0 Å². The van der Waals surface area contributed by atoms with Crippen LogP contribution < -0.4 is 4.74 Å². The fourth-order valence-electron chi connectivity index (χ4n) is 3.37. The van der Waals surface area contributed by atoms with Crippen LogP contribution in [0.4, 0.5) is 4.39 Å². The van der Waals surface area contributed by atoms with Crippen molar-refractivity contribution in [1.82, 2.24) is 0 Å². The Morgan fingerprint density at radius 1 is 1.00 bits per heavy atom. The number of halogens is 1. The van der Waals surface area contributed by atoms with Crippen molar-refractivity contribution in [3.63, 3.8) is 0 Å². The topological polar surface area (TPSA) is 99.4 Å². The van der Waals surface area contributed by atoms with Crippen LogP contribution in [0.5, 0.6) is 5.75 Å². The standard InChI is InChI=1S/C21H25FO6/c1-2-27-15-6-3-12(4-7-15)9-14-10-13(5-8-16(14)22)21-20(26)19(25)18(24)17(11-23)28-21/h3-8,10,17-21,23-26H,2,9,11H2,1H3/t17?,18-,19-,20?,21+/m1/s1. The zero-order chi connectivity index (χ0) is 20.3. The largest absolute Gasteiger partial charge is 0.494 e. The molecule has 7 heteroatoms. The van der Waals surface area contributed by atoms with Crippen molar-refractivity contribution in [2.45, 2.75) is 43.9 Å². The van der Waals surface area contributed by atoms with Gasteiger partial charge >= 0.3 is 0 Å². The Labute approximate surface area is 162 Å². The van der Waals surface area contributed by atoms with Crippen LogP contribution in [0.1, 0.15) is 29.7 Å². The minimum absolute atomic E-state index is 0.323. The summed E-state index contributed by atoms with van der Waals surface area (Å²) in [4.78, 5) is 0. The molecule has 1 heterocycles. The smallest absolute Gasteiger partial charge is 0.126 e. The van der Waals surface area contributed by atoms with E-state index in [0.717, 1.165) is 11.3 Å². The Hall–Kier alpha value is -2.03. The molecule has 2 unspecified atom stereocenters. The average Bonchev–Trinajstić information content (AvgIpc) is 2.70. The van der Waals surface area contributed by atoms with Gasteiger partial charge in [0.05, 0.1) is 13.2 Å². The number of ether oxygens (including phenoxy) is 2. The van der Waals surface area contributed by atoms with E-state index in [0.29, 0.717) is 24.2 Å². The third-order valence-electron chi connectivity index (χ3n) is 4.92. The van der Waals surface area contributed by atoms with Crippen LogP contribution in [0.15, 0.2) is 42.5 Å². The molecule has 2 aromatic carbocycles.